The number of ether oxygens (including phenoxy) is 5. The molecule has 0 aromatic carbocycles. The first kappa shape index (κ1) is 36.6. The lowest BCUT2D eigenvalue weighted by atomic mass is 9.47. The summed E-state index contributed by atoms with van der Waals surface area (Å²) in [4.78, 5) is 0. The van der Waals surface area contributed by atoms with Crippen molar-refractivity contribution >= 4 is 0 Å². The normalized spacial score (nSPS) is 50.6. The lowest BCUT2D eigenvalue weighted by molar-refractivity contribution is -0.299. The lowest BCUT2D eigenvalue weighted by Gasteiger charge is -2.58. The molecule has 0 bridgehead atoms. The van der Waals surface area contributed by atoms with Gasteiger partial charge in [-0.15, -0.1) is 5.53 Å². The zero-order chi connectivity index (χ0) is 35.7. The minimum atomic E-state index is -1.46. The van der Waals surface area contributed by atoms with Crippen molar-refractivity contribution in [3.05, 3.63) is 23.5 Å². The highest BCUT2D eigenvalue weighted by molar-refractivity contribution is 5.26. The Hall–Kier alpha value is -1.32. The quantitative estimate of drug-likeness (QED) is 0.154. The van der Waals surface area contributed by atoms with Crippen LogP contribution in [0.3, 0.4) is 0 Å². The van der Waals surface area contributed by atoms with Gasteiger partial charge >= 0.3 is 0 Å². The molecule has 12 heteroatoms. The minimum Gasteiger partial charge on any atom is -0.394 e. The summed E-state index contributed by atoms with van der Waals surface area (Å²) in [6.07, 6.45) is 10.3. The fraction of sp³-hybridized carbons (Fsp3) is 0.897. The van der Waals surface area contributed by atoms with Crippen molar-refractivity contribution in [2.24, 2.45) is 46.3 Å². The third-order valence-electron chi connectivity index (χ3n) is 15.1. The average Bonchev–Trinajstić information content (AvgIpc) is 3.78. The lowest BCUT2D eigenvalue weighted by Crippen LogP contribution is -2.59. The van der Waals surface area contributed by atoms with Crippen LogP contribution >= 0.6 is 0 Å². The molecule has 16 atom stereocenters. The Balaban J connectivity index is 0.801. The fourth-order valence-corrected chi connectivity index (χ4v) is 12.2. The Morgan fingerprint density at radius 2 is 1.84 bits per heavy atom. The third kappa shape index (κ3) is 6.31. The van der Waals surface area contributed by atoms with Crippen LogP contribution in [0.2, 0.25) is 0 Å². The molecule has 1 unspecified atom stereocenters. The highest BCUT2D eigenvalue weighted by Gasteiger charge is 2.68. The monoisotopic (exact) mass is 717 g/mol. The molecule has 4 aliphatic carbocycles. The summed E-state index contributed by atoms with van der Waals surface area (Å²) in [7, 11) is 0. The number of hydrogen-bond donors (Lipinski definition) is 6. The van der Waals surface area contributed by atoms with Crippen molar-refractivity contribution in [1.29, 1.82) is 0 Å². The molecule has 4 aliphatic heterocycles. The van der Waals surface area contributed by atoms with Crippen molar-refractivity contribution in [3.63, 3.8) is 0 Å². The van der Waals surface area contributed by atoms with Crippen LogP contribution in [0.25, 0.3) is 0 Å². The van der Waals surface area contributed by atoms with E-state index in [4.69, 9.17) is 23.7 Å². The zero-order valence-corrected chi connectivity index (χ0v) is 31.0. The van der Waals surface area contributed by atoms with Gasteiger partial charge in [-0.2, -0.15) is 0 Å². The Labute approximate surface area is 303 Å². The van der Waals surface area contributed by atoms with Gasteiger partial charge in [0.25, 0.3) is 0 Å². The van der Waals surface area contributed by atoms with Gasteiger partial charge in [-0.05, 0) is 98.2 Å². The molecule has 0 aromatic rings. The number of fused-ring (bicyclic) bond motifs is 7. The van der Waals surface area contributed by atoms with E-state index in [9.17, 15) is 20.4 Å². The van der Waals surface area contributed by atoms with E-state index in [-0.39, 0.29) is 23.9 Å². The number of aliphatic hydroxyl groups excluding tert-OH is 4. The topological polar surface area (TPSA) is 154 Å². The largest absolute Gasteiger partial charge is 0.394 e. The number of rotatable bonds is 9. The maximum Gasteiger partial charge on any atom is 0.187 e. The third-order valence-corrected chi connectivity index (χ3v) is 15.1. The molecule has 6 fully saturated rings. The second kappa shape index (κ2) is 14.1. The first-order valence-electron chi connectivity index (χ1n) is 20.0. The van der Waals surface area contributed by atoms with E-state index in [1.807, 2.05) is 11.2 Å². The number of nitrogens with one attached hydrogen (secondary N) is 2. The first-order chi connectivity index (χ1) is 24.5. The van der Waals surface area contributed by atoms with Crippen LogP contribution < -0.4 is 11.0 Å². The first-order valence-corrected chi connectivity index (χ1v) is 20.0. The number of aliphatic hydroxyl groups is 4. The van der Waals surface area contributed by atoms with Crippen LogP contribution in [0.4, 0.5) is 0 Å². The maximum atomic E-state index is 10.2. The number of nitrogens with zero attached hydrogens (tertiary/aromatic N) is 1. The Bertz CT molecular complexity index is 1320. The molecule has 4 heterocycles. The Morgan fingerprint density at radius 3 is 2.63 bits per heavy atom. The van der Waals surface area contributed by atoms with Crippen molar-refractivity contribution in [2.45, 2.75) is 141 Å². The van der Waals surface area contributed by atoms with E-state index in [1.54, 1.807) is 5.57 Å². The second-order valence-corrected chi connectivity index (χ2v) is 18.0. The maximum absolute atomic E-state index is 10.2. The predicted octanol–water partition coefficient (Wildman–Crippen LogP) is 3.11. The number of hydrogen-bond acceptors (Lipinski definition) is 12. The summed E-state index contributed by atoms with van der Waals surface area (Å²) in [5.74, 6) is 3.61. The summed E-state index contributed by atoms with van der Waals surface area (Å²) in [5, 5.41) is 41.5. The molecule has 12 nitrogen and oxygen atoms in total. The Kier molecular flexibility index (Phi) is 10.1. The van der Waals surface area contributed by atoms with Gasteiger partial charge in [0.15, 0.2) is 12.1 Å². The van der Waals surface area contributed by atoms with E-state index < -0.39 is 37.3 Å². The molecule has 288 valence electrons. The summed E-state index contributed by atoms with van der Waals surface area (Å²) in [6, 6.07) is 0. The molecule has 0 radical (unpaired) electrons. The minimum absolute atomic E-state index is 0.0869. The second-order valence-electron chi connectivity index (χ2n) is 18.0. The number of hydrazine groups is 2. The van der Waals surface area contributed by atoms with Crippen LogP contribution in [0, 0.1) is 46.3 Å². The van der Waals surface area contributed by atoms with Crippen LogP contribution in [-0.2, 0) is 23.7 Å². The van der Waals surface area contributed by atoms with Crippen molar-refractivity contribution < 1.29 is 44.1 Å². The van der Waals surface area contributed by atoms with E-state index in [0.717, 1.165) is 62.3 Å². The standard InChI is InChI=1S/C39H63N3O9/c1-22-8-13-39(49-20-22)23(2)32-30(51-39)17-29-27-7-6-24-16-26(9-11-37(24,3)28(27)10-12-38(29,32)4)47-15-5-14-42-18-25(40-41-42)21-48-36-35(46)34(45)33(44)31(19-43)50-36/h6,18,22-23,26-36,40-41,43-46H,5,7-17,19-21H2,1-4H3/t22?,23-,26-,27+,28-,29-,30-,31+,32-,33-,34-,35+,36+,37-,38-,39+/m0/s1. The highest BCUT2D eigenvalue weighted by atomic mass is 16.7. The van der Waals surface area contributed by atoms with E-state index in [1.165, 1.54) is 38.5 Å². The molecule has 0 amide bonds. The predicted molar refractivity (Wildman–Crippen MR) is 187 cm³/mol. The smallest absolute Gasteiger partial charge is 0.187 e. The summed E-state index contributed by atoms with van der Waals surface area (Å²) < 4.78 is 31.1. The summed E-state index contributed by atoms with van der Waals surface area (Å²) in [5.41, 5.74) is 9.15. The fourth-order valence-electron chi connectivity index (χ4n) is 12.2. The van der Waals surface area contributed by atoms with Crippen LogP contribution in [-0.4, -0.2) is 107 Å². The zero-order valence-electron chi connectivity index (χ0n) is 31.0. The highest BCUT2D eigenvalue weighted by Crippen LogP contribution is 2.70. The van der Waals surface area contributed by atoms with E-state index in [0.29, 0.717) is 35.9 Å². The van der Waals surface area contributed by atoms with Crippen LogP contribution in [0.5, 0.6) is 0 Å². The Morgan fingerprint density at radius 1 is 1.00 bits per heavy atom. The summed E-state index contributed by atoms with van der Waals surface area (Å²) >= 11 is 0. The molecular formula is C39H63N3O9. The van der Waals surface area contributed by atoms with Crippen molar-refractivity contribution in [3.8, 4) is 0 Å². The van der Waals surface area contributed by atoms with Gasteiger partial charge in [0, 0.05) is 31.7 Å². The van der Waals surface area contributed by atoms with E-state index >= 15 is 0 Å². The molecule has 0 aromatic heterocycles. The molecule has 1 spiro atoms. The van der Waals surface area contributed by atoms with Gasteiger partial charge < -0.3 is 49.5 Å². The molecule has 3 saturated carbocycles. The SMILES string of the molecule is CC1CC[C@@]2(OC1)O[C@H]1C[C@H]3[C@@H]4CC=C5C[C@@H](OCCCN6C=C(CO[C@@H]7O[C@H](CO)[C@H](O)[C@H](O)[C@H]7O)NN6)CC[C@]5(C)[C@H]4CC[C@]3(C)[C@H]1[C@@H]2C. The molecule has 8 aliphatic rings. The van der Waals surface area contributed by atoms with Crippen molar-refractivity contribution in [2.75, 3.05) is 33.0 Å². The molecule has 8 rings (SSSR count). The molecule has 51 heavy (non-hydrogen) atoms. The molecule has 6 N–H and O–H groups in total. The van der Waals surface area contributed by atoms with Gasteiger partial charge in [-0.25, -0.2) is 0 Å². The molecular weight excluding hydrogens is 654 g/mol. The summed E-state index contributed by atoms with van der Waals surface area (Å²) in [6.45, 7) is 11.8. The van der Waals surface area contributed by atoms with Gasteiger partial charge in [0.1, 0.15) is 24.4 Å². The van der Waals surface area contributed by atoms with E-state index in [2.05, 4.69) is 44.7 Å². The van der Waals surface area contributed by atoms with Gasteiger partial charge in [-0.3, -0.25) is 5.01 Å². The average molecular weight is 718 g/mol. The van der Waals surface area contributed by atoms with Gasteiger partial charge in [0.05, 0.1) is 37.7 Å². The van der Waals surface area contributed by atoms with Crippen LogP contribution in [0.1, 0.15) is 91.9 Å². The number of allylic oxidation sites excluding steroid dienone is 1. The van der Waals surface area contributed by atoms with Gasteiger partial charge in [0.2, 0.25) is 0 Å². The molecule has 3 saturated heterocycles. The van der Waals surface area contributed by atoms with Crippen LogP contribution in [0.15, 0.2) is 23.5 Å². The van der Waals surface area contributed by atoms with Gasteiger partial charge in [-0.1, -0.05) is 39.3 Å². The van der Waals surface area contributed by atoms with Crippen molar-refractivity contribution in [1.82, 2.24) is 16.0 Å².